The zero-order valence-electron chi connectivity index (χ0n) is 17.5. The third-order valence-electron chi connectivity index (χ3n) is 7.02. The number of carbonyl (C=O) groups excluding carboxylic acids is 1. The number of rotatable bonds is 2. The summed E-state index contributed by atoms with van der Waals surface area (Å²) < 4.78 is 44.4. The molecule has 8 heteroatoms. The Kier molecular flexibility index (Phi) is 6.16. The van der Waals surface area contributed by atoms with Gasteiger partial charge in [-0.1, -0.05) is 12.8 Å². The number of anilines is 2. The van der Waals surface area contributed by atoms with Crippen LogP contribution in [-0.4, -0.2) is 30.2 Å². The van der Waals surface area contributed by atoms with Gasteiger partial charge in [-0.2, -0.15) is 13.2 Å². The average Bonchev–Trinajstić information content (AvgIpc) is 2.76. The first-order valence-corrected chi connectivity index (χ1v) is 10.9. The molecular weight excluding hydrogens is 424 g/mol. The topological polar surface area (TPSA) is 61.4 Å². The van der Waals surface area contributed by atoms with Crippen molar-refractivity contribution in [1.29, 1.82) is 0 Å². The Morgan fingerprint density at radius 3 is 2.53 bits per heavy atom. The molecule has 0 spiro atoms. The Bertz CT molecular complexity index is 973. The summed E-state index contributed by atoms with van der Waals surface area (Å²) >= 11 is 0. The van der Waals surface area contributed by atoms with Gasteiger partial charge in [0.05, 0.1) is 5.69 Å². The highest BCUT2D eigenvalue weighted by Gasteiger charge is 2.51. The lowest BCUT2D eigenvalue weighted by Crippen LogP contribution is -2.59. The number of hydrogen-bond acceptors (Lipinski definition) is 4. The minimum atomic E-state index is -4.64. The Labute approximate surface area is 184 Å². The summed E-state index contributed by atoms with van der Waals surface area (Å²) in [5.74, 6) is 0.739. The molecule has 3 aliphatic rings. The second kappa shape index (κ2) is 8.73. The molecule has 1 aliphatic heterocycles. The lowest BCUT2D eigenvalue weighted by molar-refractivity contribution is -0.156. The van der Waals surface area contributed by atoms with Crippen molar-refractivity contribution in [3.8, 4) is 5.75 Å². The number of fused-ring (bicyclic) bond motifs is 1. The van der Waals surface area contributed by atoms with Gasteiger partial charge in [-0.3, -0.25) is 4.79 Å². The van der Waals surface area contributed by atoms with Crippen molar-refractivity contribution < 1.29 is 27.5 Å². The molecule has 2 aliphatic carbocycles. The summed E-state index contributed by atoms with van der Waals surface area (Å²) in [5.41, 5.74) is 4.46. The number of carbonyl (C=O) groups is 1. The van der Waals surface area contributed by atoms with Crippen molar-refractivity contribution >= 4 is 17.7 Å². The molecule has 5 rings (SSSR count). The van der Waals surface area contributed by atoms with E-state index in [1.807, 2.05) is 6.07 Å². The predicted octanol–water partition coefficient (Wildman–Crippen LogP) is 5.37. The minimum Gasteiger partial charge on any atom is -0.506 e. The first kappa shape index (κ1) is 22.6. The molecule has 2 aromatic carbocycles. The molecule has 1 heterocycles. The number of halogens is 4. The molecule has 3 atom stereocenters. The van der Waals surface area contributed by atoms with Gasteiger partial charge in [-0.15, -0.1) is 0 Å². The van der Waals surface area contributed by atoms with Gasteiger partial charge < -0.3 is 15.7 Å². The molecule has 172 valence electrons. The molecule has 0 aromatic heterocycles. The van der Waals surface area contributed by atoms with Crippen LogP contribution in [0.25, 0.3) is 0 Å². The molecule has 0 radical (unpaired) electrons. The van der Waals surface area contributed by atoms with Gasteiger partial charge in [0.1, 0.15) is 11.6 Å². The monoisotopic (exact) mass is 450 g/mol. The van der Waals surface area contributed by atoms with Gasteiger partial charge in [0.2, 0.25) is 6.29 Å². The van der Waals surface area contributed by atoms with E-state index in [2.05, 4.69) is 16.7 Å². The summed E-state index contributed by atoms with van der Waals surface area (Å²) in [4.78, 5) is 8.70. The highest BCUT2D eigenvalue weighted by molar-refractivity contribution is 5.69. The number of aldehydes is 1. The summed E-state index contributed by atoms with van der Waals surface area (Å²) in [6.45, 7) is 1.08. The fraction of sp³-hybridized carbons (Fsp3) is 0.458. The second-order valence-corrected chi connectivity index (χ2v) is 8.84. The molecule has 4 nitrogen and oxygen atoms in total. The minimum absolute atomic E-state index is 0.244. The van der Waals surface area contributed by atoms with Crippen LogP contribution in [0.1, 0.15) is 43.2 Å². The van der Waals surface area contributed by atoms with E-state index in [4.69, 9.17) is 4.79 Å². The normalized spacial score (nSPS) is 26.1. The average molecular weight is 450 g/mol. The van der Waals surface area contributed by atoms with E-state index in [9.17, 15) is 22.7 Å². The Balaban J connectivity index is 0.000000363. The molecule has 1 saturated carbocycles. The molecule has 3 N–H and O–H groups in total. The van der Waals surface area contributed by atoms with Crippen LogP contribution in [-0.2, 0) is 16.6 Å². The van der Waals surface area contributed by atoms with E-state index in [1.165, 1.54) is 55.4 Å². The summed E-state index contributed by atoms with van der Waals surface area (Å²) in [6, 6.07) is 10.9. The van der Waals surface area contributed by atoms with Crippen molar-refractivity contribution in [2.45, 2.75) is 56.2 Å². The maximum atomic E-state index is 13.1. The standard InChI is InChI=1S/C22H25FN2O.C2HF3O/c23-15-4-6-16(7-5-15)25-20-12-14-11-19-17-3-1-2-8-22(17,9-10-24-19)18(14)13-21(20)26;3-2(4,5)1-6/h4-7,12-13,17,19,24-26H,1-3,8-11H2;1H/t17-,19+,22+;/m1./s1. The smallest absolute Gasteiger partial charge is 0.446 e. The van der Waals surface area contributed by atoms with Gasteiger partial charge in [0, 0.05) is 17.1 Å². The number of phenols is 1. The number of hydrogen-bond donors (Lipinski definition) is 3. The SMILES string of the molecule is O=CC(F)(F)F.Oc1cc2c(cc1Nc1ccc(F)cc1)C[C@@H]1NCC[C@]23CCCC[C@H]13. The van der Waals surface area contributed by atoms with E-state index in [1.54, 1.807) is 12.1 Å². The van der Waals surface area contributed by atoms with Crippen LogP contribution in [0.2, 0.25) is 0 Å². The molecule has 0 unspecified atom stereocenters. The first-order valence-electron chi connectivity index (χ1n) is 10.9. The molecular formula is C24H26F4N2O2. The highest BCUT2D eigenvalue weighted by atomic mass is 19.4. The number of benzene rings is 2. The van der Waals surface area contributed by atoms with E-state index in [0.717, 1.165) is 18.7 Å². The maximum Gasteiger partial charge on any atom is 0.446 e. The zero-order chi connectivity index (χ0) is 22.9. The third kappa shape index (κ3) is 4.46. The first-order chi connectivity index (χ1) is 15.2. The van der Waals surface area contributed by atoms with Crippen LogP contribution in [0.3, 0.4) is 0 Å². The molecule has 2 aromatic rings. The van der Waals surface area contributed by atoms with Crippen LogP contribution in [0.4, 0.5) is 28.9 Å². The number of nitrogens with one attached hydrogen (secondary N) is 2. The molecule has 32 heavy (non-hydrogen) atoms. The van der Waals surface area contributed by atoms with Gasteiger partial charge in [-0.25, -0.2) is 4.39 Å². The molecule has 1 saturated heterocycles. The number of aromatic hydroxyl groups is 1. The number of alkyl halides is 3. The lowest BCUT2D eigenvalue weighted by atomic mass is 9.53. The lowest BCUT2D eigenvalue weighted by Gasteiger charge is -2.56. The maximum absolute atomic E-state index is 13.1. The van der Waals surface area contributed by atoms with Crippen molar-refractivity contribution in [3.63, 3.8) is 0 Å². The van der Waals surface area contributed by atoms with Crippen LogP contribution in [0, 0.1) is 11.7 Å². The van der Waals surface area contributed by atoms with Gasteiger partial charge in [-0.05, 0) is 85.7 Å². The quantitative estimate of drug-likeness (QED) is 0.327. The highest BCUT2D eigenvalue weighted by Crippen LogP contribution is 2.55. The Morgan fingerprint density at radius 1 is 1.12 bits per heavy atom. The van der Waals surface area contributed by atoms with E-state index >= 15 is 0 Å². The molecule has 2 bridgehead atoms. The van der Waals surface area contributed by atoms with E-state index in [0.29, 0.717) is 23.4 Å². The largest absolute Gasteiger partial charge is 0.506 e. The van der Waals surface area contributed by atoms with Gasteiger partial charge >= 0.3 is 6.18 Å². The van der Waals surface area contributed by atoms with Crippen LogP contribution in [0.15, 0.2) is 36.4 Å². The molecule has 0 amide bonds. The van der Waals surface area contributed by atoms with Crippen molar-refractivity contribution in [2.24, 2.45) is 5.92 Å². The number of piperidine rings is 1. The van der Waals surface area contributed by atoms with Gasteiger partial charge in [0.25, 0.3) is 0 Å². The van der Waals surface area contributed by atoms with Crippen LogP contribution < -0.4 is 10.6 Å². The fourth-order valence-corrected chi connectivity index (χ4v) is 5.76. The number of phenolic OH excluding ortho intramolecular Hbond substituents is 1. The third-order valence-corrected chi connectivity index (χ3v) is 7.02. The van der Waals surface area contributed by atoms with Crippen LogP contribution in [0.5, 0.6) is 5.75 Å². The second-order valence-electron chi connectivity index (χ2n) is 8.84. The Morgan fingerprint density at radius 2 is 1.84 bits per heavy atom. The summed E-state index contributed by atoms with van der Waals surface area (Å²) in [6.07, 6.45) is 1.66. The zero-order valence-corrected chi connectivity index (χ0v) is 17.5. The fourth-order valence-electron chi connectivity index (χ4n) is 5.76. The Hall–Kier alpha value is -2.61. The predicted molar refractivity (Wildman–Crippen MR) is 114 cm³/mol. The summed E-state index contributed by atoms with van der Waals surface area (Å²) in [7, 11) is 0. The molecule has 2 fully saturated rings. The summed E-state index contributed by atoms with van der Waals surface area (Å²) in [5, 5.41) is 17.7. The van der Waals surface area contributed by atoms with Crippen molar-refractivity contribution in [3.05, 3.63) is 53.3 Å². The van der Waals surface area contributed by atoms with E-state index in [-0.39, 0.29) is 11.2 Å². The van der Waals surface area contributed by atoms with Crippen molar-refractivity contribution in [2.75, 3.05) is 11.9 Å². The van der Waals surface area contributed by atoms with Crippen molar-refractivity contribution in [1.82, 2.24) is 5.32 Å². The van der Waals surface area contributed by atoms with Crippen LogP contribution >= 0.6 is 0 Å². The van der Waals surface area contributed by atoms with E-state index < -0.39 is 12.5 Å². The van der Waals surface area contributed by atoms with Gasteiger partial charge in [0.15, 0.2) is 0 Å².